The Kier molecular flexibility index (Phi) is 6.09. The van der Waals surface area contributed by atoms with Crippen LogP contribution in [0.15, 0.2) is 36.5 Å². The van der Waals surface area contributed by atoms with Crippen molar-refractivity contribution in [3.05, 3.63) is 59.0 Å². The van der Waals surface area contributed by atoms with E-state index in [9.17, 15) is 18.0 Å². The molecule has 1 aromatic carbocycles. The molecule has 1 unspecified atom stereocenters. The van der Waals surface area contributed by atoms with E-state index in [1.807, 2.05) is 6.92 Å². The lowest BCUT2D eigenvalue weighted by molar-refractivity contribution is -0.181. The molecule has 31 heavy (non-hydrogen) atoms. The fourth-order valence-corrected chi connectivity index (χ4v) is 3.38. The second-order valence-corrected chi connectivity index (χ2v) is 8.02. The first-order chi connectivity index (χ1) is 14.5. The van der Waals surface area contributed by atoms with E-state index < -0.39 is 23.5 Å². The maximum Gasteiger partial charge on any atom is 0.399 e. The molecule has 1 amide bonds. The predicted octanol–water partition coefficient (Wildman–Crippen LogP) is 4.06. The van der Waals surface area contributed by atoms with Gasteiger partial charge in [0.25, 0.3) is 5.91 Å². The molecule has 0 fully saturated rings. The van der Waals surface area contributed by atoms with Crippen molar-refractivity contribution >= 4 is 16.8 Å². The van der Waals surface area contributed by atoms with Crippen molar-refractivity contribution in [1.82, 2.24) is 20.1 Å². The molecule has 0 bridgehead atoms. The summed E-state index contributed by atoms with van der Waals surface area (Å²) >= 11 is 0. The van der Waals surface area contributed by atoms with Crippen LogP contribution in [0.3, 0.4) is 0 Å². The molecule has 0 aliphatic rings. The monoisotopic (exact) mass is 434 g/mol. The molecule has 0 radical (unpaired) electrons. The maximum atomic E-state index is 13.5. The molecular weight excluding hydrogens is 409 g/mol. The van der Waals surface area contributed by atoms with E-state index in [2.05, 4.69) is 15.4 Å². The summed E-state index contributed by atoms with van der Waals surface area (Å²) in [5, 5.41) is 16.8. The first-order valence-corrected chi connectivity index (χ1v) is 9.88. The zero-order valence-corrected chi connectivity index (χ0v) is 17.8. The van der Waals surface area contributed by atoms with Crippen molar-refractivity contribution in [2.45, 2.75) is 51.9 Å². The molecule has 9 heteroatoms. The summed E-state index contributed by atoms with van der Waals surface area (Å²) in [5.41, 5.74) is -0.293. The summed E-state index contributed by atoms with van der Waals surface area (Å²) in [5.74, 6) is -0.443. The van der Waals surface area contributed by atoms with Crippen LogP contribution in [0, 0.1) is 6.92 Å². The molecular formula is C22H25F3N4O2. The van der Waals surface area contributed by atoms with Gasteiger partial charge in [-0.25, -0.2) is 0 Å². The van der Waals surface area contributed by atoms with E-state index in [-0.39, 0.29) is 23.4 Å². The van der Waals surface area contributed by atoms with Crippen LogP contribution in [0.2, 0.25) is 0 Å². The third-order valence-electron chi connectivity index (χ3n) is 5.58. The van der Waals surface area contributed by atoms with Gasteiger partial charge in [-0.2, -0.15) is 18.3 Å². The van der Waals surface area contributed by atoms with Crippen molar-refractivity contribution in [3.63, 3.8) is 0 Å². The fraction of sp³-hybridized carbons (Fsp3) is 0.409. The van der Waals surface area contributed by atoms with Crippen molar-refractivity contribution in [3.8, 4) is 0 Å². The largest absolute Gasteiger partial charge is 0.399 e. The van der Waals surface area contributed by atoms with Gasteiger partial charge in [-0.3, -0.25) is 14.5 Å². The number of pyridine rings is 1. The van der Waals surface area contributed by atoms with Crippen molar-refractivity contribution in [1.29, 1.82) is 0 Å². The molecule has 0 saturated carbocycles. The third kappa shape index (κ3) is 4.27. The summed E-state index contributed by atoms with van der Waals surface area (Å²) < 4.78 is 42.1. The molecule has 6 nitrogen and oxygen atoms in total. The van der Waals surface area contributed by atoms with Crippen LogP contribution >= 0.6 is 0 Å². The minimum atomic E-state index is -4.48. The Morgan fingerprint density at radius 3 is 2.58 bits per heavy atom. The number of carbonyl (C=O) groups is 1. The van der Waals surface area contributed by atoms with Gasteiger partial charge in [0.15, 0.2) is 0 Å². The van der Waals surface area contributed by atoms with Gasteiger partial charge in [-0.1, -0.05) is 18.2 Å². The number of rotatable bonds is 6. The Morgan fingerprint density at radius 1 is 1.23 bits per heavy atom. The minimum absolute atomic E-state index is 0.0546. The predicted molar refractivity (Wildman–Crippen MR) is 111 cm³/mol. The highest BCUT2D eigenvalue weighted by Crippen LogP contribution is 2.40. The average Bonchev–Trinajstić information content (AvgIpc) is 3.07. The summed E-state index contributed by atoms with van der Waals surface area (Å²) in [6.45, 7) is 6.06. The molecule has 3 rings (SSSR count). The maximum absolute atomic E-state index is 13.5. The second-order valence-electron chi connectivity index (χ2n) is 8.02. The number of nitrogens with one attached hydrogen (secondary N) is 1. The van der Waals surface area contributed by atoms with Crippen molar-refractivity contribution in [2.24, 2.45) is 0 Å². The fourth-order valence-electron chi connectivity index (χ4n) is 3.38. The molecule has 0 saturated heterocycles. The van der Waals surface area contributed by atoms with Crippen molar-refractivity contribution < 1.29 is 23.1 Å². The van der Waals surface area contributed by atoms with Gasteiger partial charge in [-0.15, -0.1) is 0 Å². The minimum Gasteiger partial charge on any atom is -0.394 e. The number of nitrogens with zero attached hydrogens (tertiary/aromatic N) is 3. The van der Waals surface area contributed by atoms with Crippen LogP contribution in [-0.4, -0.2) is 38.6 Å². The number of amides is 1. The average molecular weight is 434 g/mol. The molecule has 2 heterocycles. The van der Waals surface area contributed by atoms with Gasteiger partial charge in [-0.05, 0) is 39.8 Å². The van der Waals surface area contributed by atoms with Crippen LogP contribution in [0.1, 0.15) is 54.1 Å². The van der Waals surface area contributed by atoms with Gasteiger partial charge in [0.2, 0.25) is 0 Å². The molecule has 0 aliphatic heterocycles. The molecule has 1 atom stereocenters. The highest BCUT2D eigenvalue weighted by atomic mass is 19.4. The van der Waals surface area contributed by atoms with Gasteiger partial charge in [0.1, 0.15) is 5.41 Å². The number of para-hydroxylation sites is 1. The first-order valence-electron chi connectivity index (χ1n) is 9.88. The Morgan fingerprint density at radius 2 is 1.94 bits per heavy atom. The Bertz CT molecular complexity index is 1110. The van der Waals surface area contributed by atoms with Crippen molar-refractivity contribution in [2.75, 3.05) is 6.61 Å². The molecule has 0 aliphatic carbocycles. The van der Waals surface area contributed by atoms with E-state index in [0.29, 0.717) is 11.9 Å². The number of aliphatic hydroxyl groups excluding tert-OH is 1. The number of hydrogen-bond donors (Lipinski definition) is 2. The number of aromatic nitrogens is 3. The molecule has 166 valence electrons. The van der Waals surface area contributed by atoms with Crippen LogP contribution in [0.25, 0.3) is 10.9 Å². The SMILES string of the molecule is Cc1c(C(C)NC(=O)c2cccc3ccc(C(C)(C)C(F)(F)F)nc23)cnn1CCO. The highest BCUT2D eigenvalue weighted by Gasteiger charge is 2.49. The van der Waals surface area contributed by atoms with E-state index in [0.717, 1.165) is 25.1 Å². The van der Waals surface area contributed by atoms with Crippen LogP contribution in [0.4, 0.5) is 13.2 Å². The topological polar surface area (TPSA) is 80.0 Å². The molecule has 2 aromatic heterocycles. The number of carbonyl (C=O) groups excluding carboxylic acids is 1. The van der Waals surface area contributed by atoms with E-state index in [4.69, 9.17) is 5.11 Å². The van der Waals surface area contributed by atoms with E-state index in [1.165, 1.54) is 6.07 Å². The molecule has 0 spiro atoms. The van der Waals surface area contributed by atoms with Gasteiger partial charge >= 0.3 is 6.18 Å². The van der Waals surface area contributed by atoms with Gasteiger partial charge < -0.3 is 10.4 Å². The van der Waals surface area contributed by atoms with E-state index in [1.54, 1.807) is 42.1 Å². The van der Waals surface area contributed by atoms with Crippen LogP contribution in [0.5, 0.6) is 0 Å². The van der Waals surface area contributed by atoms with E-state index >= 15 is 0 Å². The second kappa shape index (κ2) is 8.30. The molecule has 3 aromatic rings. The standard InChI is InChI=1S/C22H25F3N4O2/c1-13(17-12-26-29(10-11-30)14(17)2)27-20(31)16-7-5-6-15-8-9-18(28-19(15)16)21(3,4)22(23,24)25/h5-9,12-13,30H,10-11H2,1-4H3,(H,27,31). The van der Waals surface area contributed by atoms with Crippen LogP contribution < -0.4 is 5.32 Å². The Labute approximate surface area is 178 Å². The molecule has 2 N–H and O–H groups in total. The number of aliphatic hydroxyl groups is 1. The lowest BCUT2D eigenvalue weighted by Crippen LogP contribution is -2.37. The summed E-state index contributed by atoms with van der Waals surface area (Å²) in [6, 6.07) is 7.42. The van der Waals surface area contributed by atoms with Gasteiger partial charge in [0.05, 0.1) is 42.2 Å². The zero-order chi connectivity index (χ0) is 23.0. The van der Waals surface area contributed by atoms with Crippen LogP contribution in [-0.2, 0) is 12.0 Å². The highest BCUT2D eigenvalue weighted by molar-refractivity contribution is 6.05. The lowest BCUT2D eigenvalue weighted by Gasteiger charge is -2.27. The quantitative estimate of drug-likeness (QED) is 0.613. The Hall–Kier alpha value is -2.94. The number of alkyl halides is 3. The summed E-state index contributed by atoms with van der Waals surface area (Å²) in [7, 11) is 0. The lowest BCUT2D eigenvalue weighted by atomic mass is 9.87. The summed E-state index contributed by atoms with van der Waals surface area (Å²) in [6.07, 6.45) is -2.85. The third-order valence-corrected chi connectivity index (χ3v) is 5.58. The zero-order valence-electron chi connectivity index (χ0n) is 17.8. The number of benzene rings is 1. The first kappa shape index (κ1) is 22.7. The normalized spacial score (nSPS) is 13.4. The number of fused-ring (bicyclic) bond motifs is 1. The number of hydrogen-bond acceptors (Lipinski definition) is 4. The van der Waals surface area contributed by atoms with Gasteiger partial charge in [0, 0.05) is 16.6 Å². The summed E-state index contributed by atoms with van der Waals surface area (Å²) in [4.78, 5) is 17.2. The number of halogens is 3. The Balaban J connectivity index is 1.95. The smallest absolute Gasteiger partial charge is 0.394 e.